The average Bonchev–Trinajstić information content (AvgIpc) is 2.68. The van der Waals surface area contributed by atoms with Crippen molar-refractivity contribution in [1.29, 1.82) is 0 Å². The van der Waals surface area contributed by atoms with Crippen molar-refractivity contribution in [2.24, 2.45) is 0 Å². The lowest BCUT2D eigenvalue weighted by Gasteiger charge is -2.28. The molecular weight excluding hydrogens is 381 g/mol. The van der Waals surface area contributed by atoms with E-state index >= 15 is 0 Å². The van der Waals surface area contributed by atoms with Crippen LogP contribution >= 0.6 is 23.8 Å². The minimum atomic E-state index is 0.156. The Morgan fingerprint density at radius 3 is 0.741 bits per heavy atom. The van der Waals surface area contributed by atoms with Gasteiger partial charge >= 0.3 is 0 Å². The van der Waals surface area contributed by atoms with Gasteiger partial charge in [-0.25, -0.2) is 0 Å². The van der Waals surface area contributed by atoms with Crippen molar-refractivity contribution in [3.63, 3.8) is 0 Å². The highest BCUT2D eigenvalue weighted by molar-refractivity contribution is 7.57. The van der Waals surface area contributed by atoms with Gasteiger partial charge < -0.3 is 0 Å². The molecule has 1 rings (SSSR count). The molecule has 1 aromatic rings. The second-order valence-electron chi connectivity index (χ2n) is 7.69. The van der Waals surface area contributed by atoms with Gasteiger partial charge in [0.2, 0.25) is 0 Å². The van der Waals surface area contributed by atoms with E-state index in [0.29, 0.717) is 0 Å². The monoisotopic (exact) mass is 426 g/mol. The minimum Gasteiger partial charge on any atom is -0.103 e. The van der Waals surface area contributed by atoms with E-state index in [4.69, 9.17) is 0 Å². The van der Waals surface area contributed by atoms with Gasteiger partial charge in [0, 0.05) is 0 Å². The molecule has 0 N–H and O–H groups in total. The molecule has 156 valence electrons. The average molecular weight is 427 g/mol. The highest BCUT2D eigenvalue weighted by atomic mass is 31.1. The Morgan fingerprint density at radius 2 is 0.593 bits per heavy atom. The quantitative estimate of drug-likeness (QED) is 0.293. The first kappa shape index (κ1) is 25.5. The third-order valence-electron chi connectivity index (χ3n) is 6.54. The first-order valence-electron chi connectivity index (χ1n) is 11.1. The van der Waals surface area contributed by atoms with Crippen molar-refractivity contribution in [2.45, 2.75) is 80.8 Å². The maximum absolute atomic E-state index is 2.45. The summed E-state index contributed by atoms with van der Waals surface area (Å²) in [5, 5.41) is 0. The topological polar surface area (TPSA) is 0 Å². The number of hydrogen-bond acceptors (Lipinski definition) is 0. The molecule has 0 amide bonds. The molecule has 3 heteroatoms. The summed E-state index contributed by atoms with van der Waals surface area (Å²) in [6.07, 6.45) is 12.3. The molecule has 0 saturated carbocycles. The molecule has 0 spiro atoms. The fourth-order valence-corrected chi connectivity index (χ4v) is 9.56. The first-order chi connectivity index (χ1) is 12.9. The SMILES string of the molecule is CCP(CC)Cc1c(C)c(CP(CC)CC)c(C)c(CP(CC)CC)c1C. The Labute approximate surface area is 174 Å². The second kappa shape index (κ2) is 12.9. The van der Waals surface area contributed by atoms with Gasteiger partial charge in [-0.3, -0.25) is 0 Å². The molecule has 0 aromatic heterocycles. The van der Waals surface area contributed by atoms with Crippen molar-refractivity contribution < 1.29 is 0 Å². The Morgan fingerprint density at radius 1 is 0.407 bits per heavy atom. The van der Waals surface area contributed by atoms with E-state index in [9.17, 15) is 0 Å². The van der Waals surface area contributed by atoms with Gasteiger partial charge in [-0.1, -0.05) is 41.5 Å². The van der Waals surface area contributed by atoms with E-state index in [1.807, 2.05) is 0 Å². The molecule has 0 aliphatic rings. The Balaban J connectivity index is 3.51. The molecule has 0 fully saturated rings. The van der Waals surface area contributed by atoms with Crippen LogP contribution in [0.2, 0.25) is 0 Å². The van der Waals surface area contributed by atoms with Crippen LogP contribution in [0.4, 0.5) is 0 Å². The third kappa shape index (κ3) is 6.77. The largest absolute Gasteiger partial charge is 0.103 e. The van der Waals surface area contributed by atoms with Crippen molar-refractivity contribution in [1.82, 2.24) is 0 Å². The van der Waals surface area contributed by atoms with Crippen LogP contribution in [0.25, 0.3) is 0 Å². The predicted molar refractivity (Wildman–Crippen MR) is 136 cm³/mol. The van der Waals surface area contributed by atoms with Gasteiger partial charge in [0.25, 0.3) is 0 Å². The molecule has 0 atom stereocenters. The van der Waals surface area contributed by atoms with Crippen molar-refractivity contribution in [3.8, 4) is 0 Å². The normalized spacial score (nSPS) is 12.0. The zero-order valence-corrected chi connectivity index (χ0v) is 22.4. The maximum atomic E-state index is 2.45. The van der Waals surface area contributed by atoms with Gasteiger partial charge in [-0.15, -0.1) is 23.8 Å². The van der Waals surface area contributed by atoms with E-state index in [0.717, 1.165) is 0 Å². The lowest BCUT2D eigenvalue weighted by Crippen LogP contribution is -2.09. The van der Waals surface area contributed by atoms with E-state index in [1.54, 1.807) is 33.4 Å². The molecule has 0 radical (unpaired) electrons. The van der Waals surface area contributed by atoms with Crippen molar-refractivity contribution >= 4 is 23.8 Å². The Kier molecular flexibility index (Phi) is 12.2. The van der Waals surface area contributed by atoms with E-state index in [1.165, 1.54) is 55.5 Å². The van der Waals surface area contributed by atoms with Crippen LogP contribution in [0.3, 0.4) is 0 Å². The Hall–Kier alpha value is 0.510. The van der Waals surface area contributed by atoms with Gasteiger partial charge in [0.1, 0.15) is 0 Å². The van der Waals surface area contributed by atoms with Crippen LogP contribution in [0.15, 0.2) is 0 Å². The summed E-state index contributed by atoms with van der Waals surface area (Å²) in [5.41, 5.74) is 10.2. The summed E-state index contributed by atoms with van der Waals surface area (Å²) in [7, 11) is 0.468. The highest BCUT2D eigenvalue weighted by Crippen LogP contribution is 2.48. The molecule has 0 unspecified atom stereocenters. The molecule has 0 heterocycles. The fourth-order valence-electron chi connectivity index (χ4n) is 4.11. The molecule has 0 saturated heterocycles. The number of hydrogen-bond donors (Lipinski definition) is 0. The zero-order chi connectivity index (χ0) is 20.6. The lowest BCUT2D eigenvalue weighted by molar-refractivity contribution is 1.08. The molecule has 1 aromatic carbocycles. The second-order valence-corrected chi connectivity index (χ2v) is 16.5. The van der Waals surface area contributed by atoms with Crippen molar-refractivity contribution in [2.75, 3.05) is 37.0 Å². The van der Waals surface area contributed by atoms with Crippen LogP contribution in [0.5, 0.6) is 0 Å². The zero-order valence-electron chi connectivity index (χ0n) is 19.7. The molecule has 0 aliphatic carbocycles. The van der Waals surface area contributed by atoms with Gasteiger partial charge in [0.05, 0.1) is 0 Å². The van der Waals surface area contributed by atoms with Crippen LogP contribution in [-0.2, 0) is 18.5 Å². The maximum Gasteiger partial charge on any atom is -0.00678 e. The number of benzene rings is 1. The molecule has 27 heavy (non-hydrogen) atoms. The van der Waals surface area contributed by atoms with Crippen LogP contribution in [0.1, 0.15) is 74.9 Å². The lowest BCUT2D eigenvalue weighted by atomic mass is 9.90. The summed E-state index contributed by atoms with van der Waals surface area (Å²) in [4.78, 5) is 0. The molecule has 0 nitrogen and oxygen atoms in total. The third-order valence-corrected chi connectivity index (χ3v) is 14.2. The van der Waals surface area contributed by atoms with Gasteiger partial charge in [0.15, 0.2) is 0 Å². The summed E-state index contributed by atoms with van der Waals surface area (Å²) in [6.45, 7) is 21.8. The van der Waals surface area contributed by atoms with Crippen LogP contribution in [0, 0.1) is 20.8 Å². The summed E-state index contributed by atoms with van der Waals surface area (Å²) in [5.74, 6) is 0. The molecule has 0 bridgehead atoms. The Bertz CT molecular complexity index is 465. The number of rotatable bonds is 12. The van der Waals surface area contributed by atoms with Crippen LogP contribution in [-0.4, -0.2) is 37.0 Å². The van der Waals surface area contributed by atoms with E-state index < -0.39 is 0 Å². The smallest absolute Gasteiger partial charge is 0.00678 e. The summed E-state index contributed by atoms with van der Waals surface area (Å²) >= 11 is 0. The van der Waals surface area contributed by atoms with Gasteiger partial charge in [-0.05, 0) is 110 Å². The van der Waals surface area contributed by atoms with Crippen molar-refractivity contribution in [3.05, 3.63) is 33.4 Å². The van der Waals surface area contributed by atoms with Crippen LogP contribution < -0.4 is 0 Å². The van der Waals surface area contributed by atoms with E-state index in [2.05, 4.69) is 62.3 Å². The predicted octanol–water partition coefficient (Wildman–Crippen LogP) is 8.68. The summed E-state index contributed by atoms with van der Waals surface area (Å²) < 4.78 is 0. The summed E-state index contributed by atoms with van der Waals surface area (Å²) in [6, 6.07) is 0. The standard InChI is InChI=1S/C24H45P3/c1-10-25(11-2)16-22-19(7)23(17-26(12-3)13-4)21(9)24(20(22)8)18-27(14-5)15-6/h10-18H2,1-9H3. The molecular formula is C24H45P3. The molecule has 0 aliphatic heterocycles. The fraction of sp³-hybridized carbons (Fsp3) is 0.750. The van der Waals surface area contributed by atoms with E-state index in [-0.39, 0.29) is 23.8 Å². The minimum absolute atomic E-state index is 0.156. The highest BCUT2D eigenvalue weighted by Gasteiger charge is 2.21. The van der Waals surface area contributed by atoms with Gasteiger partial charge in [-0.2, -0.15) is 0 Å². The first-order valence-corrected chi connectivity index (χ1v) is 16.8.